The molecule has 130 valence electrons. The van der Waals surface area contributed by atoms with E-state index in [2.05, 4.69) is 17.2 Å². The maximum atomic E-state index is 10.2. The average molecular weight is 351 g/mol. The van der Waals surface area contributed by atoms with Crippen molar-refractivity contribution in [3.8, 4) is 5.75 Å². The first kappa shape index (κ1) is 18.7. The van der Waals surface area contributed by atoms with E-state index in [-0.39, 0.29) is 12.6 Å². The topological polar surface area (TPSA) is 74.6 Å². The zero-order valence-corrected chi connectivity index (χ0v) is 14.4. The number of nitrogens with one attached hydrogen (secondary N) is 1. The van der Waals surface area contributed by atoms with Gasteiger partial charge < -0.3 is 20.3 Å². The third-order valence-electron chi connectivity index (χ3n) is 3.56. The van der Waals surface area contributed by atoms with E-state index in [9.17, 15) is 5.11 Å². The molecule has 0 aliphatic heterocycles. The summed E-state index contributed by atoms with van der Waals surface area (Å²) < 4.78 is 5.34. The number of halogens is 1. The van der Waals surface area contributed by atoms with Gasteiger partial charge in [-0.1, -0.05) is 29.8 Å². The van der Waals surface area contributed by atoms with Crippen LogP contribution in [0.15, 0.2) is 42.5 Å². The molecule has 2 atom stereocenters. The minimum Gasteiger partial charge on any atom is -0.491 e. The second-order valence-electron chi connectivity index (χ2n) is 5.63. The highest BCUT2D eigenvalue weighted by Crippen LogP contribution is 2.15. The van der Waals surface area contributed by atoms with Crippen LogP contribution in [0.5, 0.6) is 5.75 Å². The van der Waals surface area contributed by atoms with Crippen molar-refractivity contribution in [2.75, 3.05) is 19.8 Å². The van der Waals surface area contributed by atoms with Crippen LogP contribution in [0.3, 0.4) is 0 Å². The fourth-order valence-electron chi connectivity index (χ4n) is 2.34. The lowest BCUT2D eigenvalue weighted by molar-refractivity contribution is 0.166. The third kappa shape index (κ3) is 6.09. The number of rotatable bonds is 9. The van der Waals surface area contributed by atoms with Crippen molar-refractivity contribution in [3.63, 3.8) is 0 Å². The van der Waals surface area contributed by atoms with Crippen LogP contribution < -0.4 is 10.1 Å². The molecule has 2 rings (SSSR count). The van der Waals surface area contributed by atoms with Gasteiger partial charge in [-0.3, -0.25) is 0 Å². The Hall–Kier alpha value is -1.66. The van der Waals surface area contributed by atoms with Gasteiger partial charge in [0.05, 0.1) is 12.3 Å². The summed E-state index contributed by atoms with van der Waals surface area (Å²) in [5.41, 5.74) is 1.73. The van der Waals surface area contributed by atoms with Crippen molar-refractivity contribution in [1.82, 2.24) is 10.3 Å². The quantitative estimate of drug-likeness (QED) is 0.605. The molecule has 0 aliphatic rings. The fourth-order valence-corrected chi connectivity index (χ4v) is 2.51. The highest BCUT2D eigenvalue weighted by molar-refractivity contribution is 6.29. The number of aliphatic hydroxyl groups excluding tert-OH is 2. The molecule has 0 radical (unpaired) electrons. The smallest absolute Gasteiger partial charge is 0.129 e. The molecule has 5 nitrogen and oxygen atoms in total. The lowest BCUT2D eigenvalue weighted by Gasteiger charge is -2.17. The van der Waals surface area contributed by atoms with E-state index in [1.54, 1.807) is 18.2 Å². The lowest BCUT2D eigenvalue weighted by atomic mass is 10.1. The predicted molar refractivity (Wildman–Crippen MR) is 94.4 cm³/mol. The second kappa shape index (κ2) is 9.59. The van der Waals surface area contributed by atoms with Crippen molar-refractivity contribution in [1.29, 1.82) is 0 Å². The lowest BCUT2D eigenvalue weighted by Crippen LogP contribution is -2.32. The molecular weight excluding hydrogens is 328 g/mol. The first-order valence-corrected chi connectivity index (χ1v) is 8.33. The van der Waals surface area contributed by atoms with Crippen molar-refractivity contribution in [3.05, 3.63) is 58.9 Å². The minimum absolute atomic E-state index is 0.00646. The van der Waals surface area contributed by atoms with E-state index in [1.165, 1.54) is 5.56 Å². The molecular formula is C18H23ClN2O3. The molecule has 0 bridgehead atoms. The molecule has 1 aromatic carbocycles. The van der Waals surface area contributed by atoms with Crippen LogP contribution in [0.25, 0.3) is 0 Å². The number of ether oxygens (including phenoxy) is 1. The molecule has 6 heteroatoms. The van der Waals surface area contributed by atoms with Gasteiger partial charge >= 0.3 is 0 Å². The van der Waals surface area contributed by atoms with Crippen LogP contribution in [-0.4, -0.2) is 41.0 Å². The molecule has 0 saturated carbocycles. The molecule has 0 spiro atoms. The van der Waals surface area contributed by atoms with E-state index >= 15 is 0 Å². The van der Waals surface area contributed by atoms with E-state index in [4.69, 9.17) is 21.4 Å². The Morgan fingerprint density at radius 3 is 2.62 bits per heavy atom. The van der Waals surface area contributed by atoms with E-state index in [1.807, 2.05) is 24.3 Å². The van der Waals surface area contributed by atoms with Gasteiger partial charge in [0.25, 0.3) is 0 Å². The Morgan fingerprint density at radius 1 is 1.21 bits per heavy atom. The summed E-state index contributed by atoms with van der Waals surface area (Å²) >= 11 is 5.84. The van der Waals surface area contributed by atoms with E-state index < -0.39 is 6.10 Å². The normalized spacial score (nSPS) is 13.5. The summed E-state index contributed by atoms with van der Waals surface area (Å²) in [4.78, 5) is 4.11. The van der Waals surface area contributed by atoms with Gasteiger partial charge in [0.2, 0.25) is 0 Å². The number of benzene rings is 1. The van der Waals surface area contributed by atoms with Crippen LogP contribution in [0.1, 0.15) is 24.3 Å². The number of nitrogens with zero attached hydrogens (tertiary/aromatic N) is 1. The Morgan fingerprint density at radius 2 is 1.96 bits per heavy atom. The van der Waals surface area contributed by atoms with Crippen LogP contribution in [0, 0.1) is 0 Å². The molecule has 1 aromatic heterocycles. The molecule has 3 N–H and O–H groups in total. The first-order chi connectivity index (χ1) is 11.6. The monoisotopic (exact) mass is 350 g/mol. The summed E-state index contributed by atoms with van der Waals surface area (Å²) in [6, 6.07) is 13.2. The molecule has 2 aromatic rings. The molecule has 2 unspecified atom stereocenters. The Labute approximate surface area is 147 Å². The zero-order chi connectivity index (χ0) is 17.4. The van der Waals surface area contributed by atoms with Crippen LogP contribution in [0.4, 0.5) is 0 Å². The molecule has 0 aliphatic carbocycles. The van der Waals surface area contributed by atoms with E-state index in [0.717, 1.165) is 12.2 Å². The SMILES string of the molecule is CC(Cc1ccc(OCCO)cc1)NCC(O)c1cccc(Cl)n1. The third-order valence-corrected chi connectivity index (χ3v) is 3.77. The minimum atomic E-state index is -0.694. The maximum Gasteiger partial charge on any atom is 0.129 e. The number of hydrogen-bond acceptors (Lipinski definition) is 5. The Kier molecular flexibility index (Phi) is 7.46. The van der Waals surface area contributed by atoms with Gasteiger partial charge in [0.15, 0.2) is 0 Å². The zero-order valence-electron chi connectivity index (χ0n) is 13.7. The summed E-state index contributed by atoms with van der Waals surface area (Å²) in [5.74, 6) is 0.746. The second-order valence-corrected chi connectivity index (χ2v) is 6.02. The molecule has 1 heterocycles. The van der Waals surface area contributed by atoms with Gasteiger partial charge in [0.1, 0.15) is 23.6 Å². The van der Waals surface area contributed by atoms with Gasteiger partial charge in [0, 0.05) is 12.6 Å². The summed E-state index contributed by atoms with van der Waals surface area (Å²) in [6.07, 6.45) is 0.135. The summed E-state index contributed by atoms with van der Waals surface area (Å²) in [7, 11) is 0. The number of aliphatic hydroxyl groups is 2. The largest absolute Gasteiger partial charge is 0.491 e. The average Bonchev–Trinajstić information content (AvgIpc) is 2.59. The van der Waals surface area contributed by atoms with Crippen molar-refractivity contribution < 1.29 is 14.9 Å². The summed E-state index contributed by atoms with van der Waals surface area (Å²) in [5, 5.41) is 22.6. The molecule has 24 heavy (non-hydrogen) atoms. The number of pyridine rings is 1. The maximum absolute atomic E-state index is 10.2. The van der Waals surface area contributed by atoms with Crippen molar-refractivity contribution in [2.45, 2.75) is 25.5 Å². The molecule has 0 amide bonds. The van der Waals surface area contributed by atoms with Crippen LogP contribution in [-0.2, 0) is 6.42 Å². The molecule has 0 fully saturated rings. The highest BCUT2D eigenvalue weighted by Gasteiger charge is 2.11. The van der Waals surface area contributed by atoms with Gasteiger partial charge in [-0.25, -0.2) is 4.98 Å². The number of hydrogen-bond donors (Lipinski definition) is 3. The molecule has 0 saturated heterocycles. The summed E-state index contributed by atoms with van der Waals surface area (Å²) in [6.45, 7) is 2.78. The first-order valence-electron chi connectivity index (χ1n) is 7.95. The van der Waals surface area contributed by atoms with Gasteiger partial charge in [-0.2, -0.15) is 0 Å². The van der Waals surface area contributed by atoms with Crippen molar-refractivity contribution in [2.24, 2.45) is 0 Å². The fraction of sp³-hybridized carbons (Fsp3) is 0.389. The van der Waals surface area contributed by atoms with Crippen LogP contribution in [0.2, 0.25) is 5.15 Å². The predicted octanol–water partition coefficient (Wildman–Crippen LogP) is 2.36. The van der Waals surface area contributed by atoms with E-state index in [0.29, 0.717) is 24.0 Å². The number of aromatic nitrogens is 1. The van der Waals surface area contributed by atoms with Gasteiger partial charge in [-0.15, -0.1) is 0 Å². The van der Waals surface area contributed by atoms with Crippen LogP contribution >= 0.6 is 11.6 Å². The Balaban J connectivity index is 1.79. The highest BCUT2D eigenvalue weighted by atomic mass is 35.5. The Bertz CT molecular complexity index is 622. The van der Waals surface area contributed by atoms with Gasteiger partial charge in [-0.05, 0) is 43.2 Å². The van der Waals surface area contributed by atoms with Crippen molar-refractivity contribution >= 4 is 11.6 Å². The standard InChI is InChI=1S/C18H23ClN2O3/c1-13(11-14-5-7-15(8-6-14)24-10-9-22)20-12-17(23)16-3-2-4-18(19)21-16/h2-8,13,17,20,22-23H,9-12H2,1H3.